The first-order valence-electron chi connectivity index (χ1n) is 10.0. The van der Waals surface area contributed by atoms with Crippen LogP contribution in [0.2, 0.25) is 5.02 Å². The Morgan fingerprint density at radius 1 is 1.06 bits per heavy atom. The van der Waals surface area contributed by atoms with Gasteiger partial charge in [-0.25, -0.2) is 0 Å². The Balaban J connectivity index is 2.03. The summed E-state index contributed by atoms with van der Waals surface area (Å²) in [6.45, 7) is 1.44. The minimum atomic E-state index is -4.58. The van der Waals surface area contributed by atoms with Crippen molar-refractivity contribution in [1.82, 2.24) is 0 Å². The van der Waals surface area contributed by atoms with Gasteiger partial charge in [0.2, 0.25) is 0 Å². The molecular weight excluding hydrogens is 477 g/mol. The highest BCUT2D eigenvalue weighted by Gasteiger charge is 2.46. The second-order valence-electron chi connectivity index (χ2n) is 7.51. The summed E-state index contributed by atoms with van der Waals surface area (Å²) in [5.41, 5.74) is 0.983. The van der Waals surface area contributed by atoms with E-state index < -0.39 is 17.1 Å². The molecule has 0 unspecified atom stereocenters. The molecule has 0 aromatic heterocycles. The number of hydrogen-bond donors (Lipinski definition) is 0. The van der Waals surface area contributed by atoms with Crippen LogP contribution >= 0.6 is 23.4 Å². The molecule has 0 bridgehead atoms. The van der Waals surface area contributed by atoms with E-state index in [0.29, 0.717) is 27.9 Å². The molecule has 0 amide bonds. The molecule has 10 heteroatoms. The van der Waals surface area contributed by atoms with Gasteiger partial charge in [0.15, 0.2) is 11.5 Å². The molecule has 5 nitrogen and oxygen atoms in total. The standard InChI is InChI=1S/C23H22ClF3N2O3S/c1-12-10-28-18-11-33-21(14-6-5-7-16(30-2)20(14)32-4)15-8-13(24)9-17(31-3)19(15)29(18)22(12)23(25,26)27/h5-9,21H,10-11H2,1-4H3/t21-/m1/s1. The van der Waals surface area contributed by atoms with Crippen LogP contribution in [0.4, 0.5) is 18.9 Å². The number of thioether (sulfide) groups is 1. The maximum absolute atomic E-state index is 14.3. The topological polar surface area (TPSA) is 43.3 Å². The SMILES string of the molecule is COc1cccc([C@H]2SCC3=NCC(C)=C(C(F)(F)F)N3c3c(OC)cc(Cl)cc32)c1OC. The van der Waals surface area contributed by atoms with E-state index in [1.807, 2.05) is 12.1 Å². The van der Waals surface area contributed by atoms with E-state index in [4.69, 9.17) is 25.8 Å². The molecule has 0 fully saturated rings. The van der Waals surface area contributed by atoms with Crippen molar-refractivity contribution < 1.29 is 27.4 Å². The second kappa shape index (κ2) is 9.02. The number of methoxy groups -OCH3 is 3. The molecule has 0 aliphatic carbocycles. The predicted octanol–water partition coefficient (Wildman–Crippen LogP) is 6.26. The quantitative estimate of drug-likeness (QED) is 0.498. The van der Waals surface area contributed by atoms with Crippen LogP contribution in [0.25, 0.3) is 0 Å². The van der Waals surface area contributed by atoms with Gasteiger partial charge in [0, 0.05) is 16.7 Å². The molecule has 0 radical (unpaired) electrons. The molecule has 0 saturated carbocycles. The van der Waals surface area contributed by atoms with Gasteiger partial charge in [0.1, 0.15) is 17.3 Å². The number of rotatable bonds is 4. The largest absolute Gasteiger partial charge is 0.494 e. The van der Waals surface area contributed by atoms with Gasteiger partial charge in [-0.1, -0.05) is 23.7 Å². The number of ether oxygens (including phenoxy) is 3. The van der Waals surface area contributed by atoms with Crippen molar-refractivity contribution >= 4 is 34.9 Å². The fourth-order valence-corrected chi connectivity index (χ4v) is 5.68. The van der Waals surface area contributed by atoms with Crippen LogP contribution in [0.5, 0.6) is 17.2 Å². The van der Waals surface area contributed by atoms with Gasteiger partial charge < -0.3 is 14.2 Å². The van der Waals surface area contributed by atoms with Crippen molar-refractivity contribution in [3.05, 3.63) is 57.8 Å². The molecule has 2 heterocycles. The summed E-state index contributed by atoms with van der Waals surface area (Å²) < 4.78 is 59.5. The average molecular weight is 499 g/mol. The molecule has 33 heavy (non-hydrogen) atoms. The van der Waals surface area contributed by atoms with Crippen molar-refractivity contribution in [3.8, 4) is 17.2 Å². The molecule has 2 aliphatic rings. The number of amidine groups is 1. The average Bonchev–Trinajstić information content (AvgIpc) is 2.93. The monoisotopic (exact) mass is 498 g/mol. The van der Waals surface area contributed by atoms with Crippen molar-refractivity contribution in [2.45, 2.75) is 18.3 Å². The third kappa shape index (κ3) is 4.12. The number of fused-ring (bicyclic) bond motifs is 3. The van der Waals surface area contributed by atoms with E-state index in [1.54, 1.807) is 12.1 Å². The van der Waals surface area contributed by atoms with Crippen LogP contribution in [0.1, 0.15) is 23.3 Å². The first-order chi connectivity index (χ1) is 15.7. The van der Waals surface area contributed by atoms with Crippen molar-refractivity contribution in [3.63, 3.8) is 0 Å². The number of alkyl halides is 3. The molecule has 0 spiro atoms. The summed E-state index contributed by atoms with van der Waals surface area (Å²) >= 11 is 7.84. The number of benzene rings is 2. The van der Waals surface area contributed by atoms with Crippen LogP contribution in [-0.4, -0.2) is 45.6 Å². The van der Waals surface area contributed by atoms with E-state index in [2.05, 4.69) is 4.99 Å². The van der Waals surface area contributed by atoms with E-state index in [9.17, 15) is 13.2 Å². The van der Waals surface area contributed by atoms with Crippen LogP contribution < -0.4 is 19.1 Å². The molecule has 176 valence electrons. The van der Waals surface area contributed by atoms with Crippen molar-refractivity contribution in [1.29, 1.82) is 0 Å². The Bertz CT molecular complexity index is 1150. The molecule has 0 saturated heterocycles. The summed E-state index contributed by atoms with van der Waals surface area (Å²) in [5.74, 6) is 1.82. The lowest BCUT2D eigenvalue weighted by Crippen LogP contribution is -2.41. The molecule has 2 aromatic rings. The summed E-state index contributed by atoms with van der Waals surface area (Å²) in [6.07, 6.45) is -4.58. The Hall–Kier alpha value is -2.52. The van der Waals surface area contributed by atoms with Crippen LogP contribution in [0, 0.1) is 0 Å². The maximum atomic E-state index is 14.3. The summed E-state index contributed by atoms with van der Waals surface area (Å²) in [7, 11) is 4.48. The van der Waals surface area contributed by atoms with E-state index in [-0.39, 0.29) is 29.3 Å². The van der Waals surface area contributed by atoms with Gasteiger partial charge in [-0.3, -0.25) is 9.89 Å². The normalized spacial score (nSPS) is 18.2. The Labute approximate surface area is 199 Å². The molecule has 0 N–H and O–H groups in total. The van der Waals surface area contributed by atoms with Crippen LogP contribution in [-0.2, 0) is 0 Å². The number of aliphatic imine (C=N–C) groups is 1. The van der Waals surface area contributed by atoms with Gasteiger partial charge >= 0.3 is 6.18 Å². The van der Waals surface area contributed by atoms with Crippen molar-refractivity contribution in [2.75, 3.05) is 38.5 Å². The second-order valence-corrected chi connectivity index (χ2v) is 9.04. The third-order valence-corrected chi connectivity index (χ3v) is 7.03. The fraction of sp³-hybridized carbons (Fsp3) is 0.348. The zero-order chi connectivity index (χ0) is 23.9. The minimum Gasteiger partial charge on any atom is -0.494 e. The van der Waals surface area contributed by atoms with Gasteiger partial charge in [0.25, 0.3) is 0 Å². The molecular formula is C23H22ClF3N2O3S. The maximum Gasteiger partial charge on any atom is 0.431 e. The highest BCUT2D eigenvalue weighted by Crippen LogP contribution is 2.54. The van der Waals surface area contributed by atoms with E-state index >= 15 is 0 Å². The summed E-state index contributed by atoms with van der Waals surface area (Å²) in [5, 5.41) is -0.0644. The molecule has 1 atom stereocenters. The molecule has 4 rings (SSSR count). The number of para-hydroxylation sites is 1. The van der Waals surface area contributed by atoms with Crippen LogP contribution in [0.15, 0.2) is 46.6 Å². The van der Waals surface area contributed by atoms with Crippen LogP contribution in [0.3, 0.4) is 0 Å². The Morgan fingerprint density at radius 3 is 2.42 bits per heavy atom. The minimum absolute atomic E-state index is 0.0143. The van der Waals surface area contributed by atoms with Gasteiger partial charge in [-0.05, 0) is 30.2 Å². The smallest absolute Gasteiger partial charge is 0.431 e. The van der Waals surface area contributed by atoms with E-state index in [1.165, 1.54) is 51.0 Å². The first kappa shape index (κ1) is 23.6. The zero-order valence-electron chi connectivity index (χ0n) is 18.4. The molecule has 2 aromatic carbocycles. The predicted molar refractivity (Wildman–Crippen MR) is 125 cm³/mol. The number of nitrogens with zero attached hydrogens (tertiary/aromatic N) is 2. The van der Waals surface area contributed by atoms with Crippen molar-refractivity contribution in [2.24, 2.45) is 4.99 Å². The van der Waals surface area contributed by atoms with Gasteiger partial charge in [0.05, 0.1) is 44.6 Å². The number of anilines is 1. The van der Waals surface area contributed by atoms with Gasteiger partial charge in [-0.2, -0.15) is 13.2 Å². The lowest BCUT2D eigenvalue weighted by atomic mass is 9.98. The zero-order valence-corrected chi connectivity index (χ0v) is 20.0. The molecule has 2 aliphatic heterocycles. The fourth-order valence-electron chi connectivity index (χ4n) is 4.21. The highest BCUT2D eigenvalue weighted by atomic mass is 35.5. The summed E-state index contributed by atoms with van der Waals surface area (Å²) in [4.78, 5) is 5.66. The highest BCUT2D eigenvalue weighted by molar-refractivity contribution is 8.00. The number of halogens is 4. The Kier molecular flexibility index (Phi) is 6.46. The van der Waals surface area contributed by atoms with Gasteiger partial charge in [-0.15, -0.1) is 11.8 Å². The number of hydrogen-bond acceptors (Lipinski definition) is 6. The lowest BCUT2D eigenvalue weighted by molar-refractivity contribution is -0.0932. The summed E-state index contributed by atoms with van der Waals surface area (Å²) in [6, 6.07) is 8.65. The first-order valence-corrected chi connectivity index (χ1v) is 11.4. The Morgan fingerprint density at radius 2 is 1.79 bits per heavy atom. The van der Waals surface area contributed by atoms with E-state index in [0.717, 1.165) is 5.56 Å². The number of allylic oxidation sites excluding steroid dienone is 1. The third-order valence-electron chi connectivity index (χ3n) is 5.54. The lowest BCUT2D eigenvalue weighted by Gasteiger charge is -2.34.